The van der Waals surface area contributed by atoms with Gasteiger partial charge in [0.05, 0.1) is 6.79 Å². The molecule has 1 aromatic carbocycles. The van der Waals surface area contributed by atoms with Crippen LogP contribution in [0.25, 0.3) is 0 Å². The van der Waals surface area contributed by atoms with Crippen molar-refractivity contribution < 1.29 is 25.3 Å². The first-order chi connectivity index (χ1) is 15.2. The standard InChI is InChI=1S/C23H32N4O5/c1-13(2)10-16(26-21(31)32-22(3,4)5)19(29)27-12-23(11-17(27)18(24)28)14-8-6-7-9-15(14)25-20(23)30/h6-9,13,16-17H,10-12H2,1-5H3,(H2,24,28)(H,25,30)(H,26,31)/t16-,17-,23-/m0/s1/i6D. The second-order valence-corrected chi connectivity index (χ2v) is 9.92. The monoisotopic (exact) mass is 445 g/mol. The Kier molecular flexibility index (Phi) is 5.83. The van der Waals surface area contributed by atoms with Crippen molar-refractivity contribution in [3.8, 4) is 0 Å². The first-order valence-corrected chi connectivity index (χ1v) is 10.8. The largest absolute Gasteiger partial charge is 0.444 e. The molecule has 2 heterocycles. The van der Waals surface area contributed by atoms with Gasteiger partial charge in [0.2, 0.25) is 17.7 Å². The molecule has 4 N–H and O–H groups in total. The van der Waals surface area contributed by atoms with Gasteiger partial charge in [-0.1, -0.05) is 32.0 Å². The summed E-state index contributed by atoms with van der Waals surface area (Å²) in [7, 11) is 0. The van der Waals surface area contributed by atoms with Gasteiger partial charge in [0.25, 0.3) is 0 Å². The number of nitrogens with zero attached hydrogens (tertiary/aromatic N) is 1. The Morgan fingerprint density at radius 3 is 2.66 bits per heavy atom. The average Bonchev–Trinajstić information content (AvgIpc) is 3.19. The molecule has 9 nitrogen and oxygen atoms in total. The minimum absolute atomic E-state index is 0.0111. The van der Waals surface area contributed by atoms with E-state index in [1.807, 2.05) is 13.8 Å². The molecule has 2 aliphatic rings. The van der Waals surface area contributed by atoms with E-state index in [9.17, 15) is 19.2 Å². The van der Waals surface area contributed by atoms with Gasteiger partial charge >= 0.3 is 6.09 Å². The van der Waals surface area contributed by atoms with Crippen LogP contribution in [0.15, 0.2) is 24.2 Å². The zero-order chi connectivity index (χ0) is 24.7. The fourth-order valence-corrected chi connectivity index (χ4v) is 4.39. The summed E-state index contributed by atoms with van der Waals surface area (Å²) >= 11 is 0. The van der Waals surface area contributed by atoms with Gasteiger partial charge in [0, 0.05) is 12.2 Å². The quantitative estimate of drug-likeness (QED) is 0.637. The van der Waals surface area contributed by atoms with E-state index in [2.05, 4.69) is 10.6 Å². The number of fused-ring (bicyclic) bond motifs is 2. The van der Waals surface area contributed by atoms with Gasteiger partial charge in [-0.15, -0.1) is 0 Å². The SMILES string of the molecule is [2H]c1ccc2c(c1)[C@@]1(C[C@@H](C(N)=O)N(C(=O)[C@H](CC(C)C)NC(=O)OC(C)(C)C)C1)C(=O)N2. The fourth-order valence-electron chi connectivity index (χ4n) is 4.39. The third kappa shape index (κ3) is 4.56. The summed E-state index contributed by atoms with van der Waals surface area (Å²) in [5.41, 5.74) is 4.84. The molecule has 3 rings (SSSR count). The van der Waals surface area contributed by atoms with Crippen LogP contribution in [0.1, 0.15) is 54.4 Å². The van der Waals surface area contributed by atoms with Crippen molar-refractivity contribution >= 4 is 29.5 Å². The van der Waals surface area contributed by atoms with Crippen molar-refractivity contribution in [2.45, 2.75) is 70.6 Å². The number of alkyl carbamates (subject to hydrolysis) is 1. The lowest BCUT2D eigenvalue weighted by molar-refractivity contribution is -0.139. The lowest BCUT2D eigenvalue weighted by Crippen LogP contribution is -2.54. The number of nitrogens with two attached hydrogens (primary N) is 1. The van der Waals surface area contributed by atoms with Crippen LogP contribution in [0, 0.1) is 5.92 Å². The van der Waals surface area contributed by atoms with Crippen molar-refractivity contribution in [1.82, 2.24) is 10.2 Å². The van der Waals surface area contributed by atoms with Crippen LogP contribution in [-0.2, 0) is 24.5 Å². The average molecular weight is 446 g/mol. The molecule has 32 heavy (non-hydrogen) atoms. The van der Waals surface area contributed by atoms with E-state index in [1.165, 1.54) is 4.90 Å². The van der Waals surface area contributed by atoms with Gasteiger partial charge in [-0.25, -0.2) is 4.79 Å². The minimum atomic E-state index is -1.18. The zero-order valence-corrected chi connectivity index (χ0v) is 19.2. The number of benzene rings is 1. The summed E-state index contributed by atoms with van der Waals surface area (Å²) in [4.78, 5) is 52.7. The third-order valence-electron chi connectivity index (χ3n) is 5.73. The highest BCUT2D eigenvalue weighted by Crippen LogP contribution is 2.46. The van der Waals surface area contributed by atoms with Crippen molar-refractivity contribution in [2.24, 2.45) is 11.7 Å². The molecule has 1 aromatic rings. The van der Waals surface area contributed by atoms with Gasteiger partial charge in [-0.2, -0.15) is 0 Å². The number of para-hydroxylation sites is 1. The summed E-state index contributed by atoms with van der Waals surface area (Å²) < 4.78 is 13.3. The van der Waals surface area contributed by atoms with Gasteiger partial charge in [0.15, 0.2) is 0 Å². The number of likely N-dealkylation sites (tertiary alicyclic amines) is 1. The molecule has 0 saturated carbocycles. The summed E-state index contributed by atoms with van der Waals surface area (Å²) in [6.07, 6.45) is -0.418. The maximum Gasteiger partial charge on any atom is 0.408 e. The van der Waals surface area contributed by atoms with E-state index < -0.39 is 41.0 Å². The number of ether oxygens (including phenoxy) is 1. The lowest BCUT2D eigenvalue weighted by Gasteiger charge is -2.30. The molecule has 1 saturated heterocycles. The zero-order valence-electron chi connectivity index (χ0n) is 20.2. The molecule has 174 valence electrons. The normalized spacial score (nSPS) is 23.6. The second-order valence-electron chi connectivity index (χ2n) is 9.92. The van der Waals surface area contributed by atoms with Crippen molar-refractivity contribution in [2.75, 3.05) is 11.9 Å². The molecule has 0 aliphatic carbocycles. The predicted molar refractivity (Wildman–Crippen MR) is 119 cm³/mol. The highest BCUT2D eigenvalue weighted by atomic mass is 16.6. The van der Waals surface area contributed by atoms with E-state index in [-0.39, 0.29) is 30.8 Å². The summed E-state index contributed by atoms with van der Waals surface area (Å²) in [5.74, 6) is -1.52. The molecular formula is C23H32N4O5. The van der Waals surface area contributed by atoms with Crippen molar-refractivity contribution in [1.29, 1.82) is 0 Å². The molecule has 0 bridgehead atoms. The van der Waals surface area contributed by atoms with Gasteiger partial charge < -0.3 is 26.0 Å². The van der Waals surface area contributed by atoms with Crippen LogP contribution >= 0.6 is 0 Å². The first-order valence-electron chi connectivity index (χ1n) is 11.3. The smallest absolute Gasteiger partial charge is 0.408 e. The Labute approximate surface area is 189 Å². The Morgan fingerprint density at radius 1 is 1.38 bits per heavy atom. The van der Waals surface area contributed by atoms with Gasteiger partial charge in [-0.05, 0) is 51.2 Å². The van der Waals surface area contributed by atoms with Crippen molar-refractivity contribution in [3.63, 3.8) is 0 Å². The van der Waals surface area contributed by atoms with E-state index in [4.69, 9.17) is 11.8 Å². The summed E-state index contributed by atoms with van der Waals surface area (Å²) in [6, 6.07) is 3.00. The highest BCUT2D eigenvalue weighted by molar-refractivity contribution is 6.08. The van der Waals surface area contributed by atoms with Crippen LogP contribution in [-0.4, -0.2) is 52.9 Å². The topological polar surface area (TPSA) is 131 Å². The van der Waals surface area contributed by atoms with Crippen LogP contribution in [0.3, 0.4) is 0 Å². The number of amides is 4. The lowest BCUT2D eigenvalue weighted by atomic mass is 9.79. The second kappa shape index (κ2) is 8.44. The number of hydrogen-bond acceptors (Lipinski definition) is 5. The third-order valence-corrected chi connectivity index (χ3v) is 5.73. The Hall–Kier alpha value is -3.10. The van der Waals surface area contributed by atoms with Crippen LogP contribution < -0.4 is 16.4 Å². The highest BCUT2D eigenvalue weighted by Gasteiger charge is 2.57. The minimum Gasteiger partial charge on any atom is -0.444 e. The van der Waals surface area contributed by atoms with E-state index in [0.717, 1.165) is 0 Å². The Balaban J connectivity index is 1.93. The number of nitrogens with one attached hydrogen (secondary N) is 2. The summed E-state index contributed by atoms with van der Waals surface area (Å²) in [6.45, 7) is 8.89. The maximum atomic E-state index is 13.6. The Bertz CT molecular complexity index is 990. The molecule has 1 spiro atoms. The van der Waals surface area contributed by atoms with Crippen LogP contribution in [0.2, 0.25) is 0 Å². The number of primary amides is 1. The molecule has 1 fully saturated rings. The van der Waals surface area contributed by atoms with Crippen LogP contribution in [0.5, 0.6) is 0 Å². The van der Waals surface area contributed by atoms with E-state index >= 15 is 0 Å². The summed E-state index contributed by atoms with van der Waals surface area (Å²) in [5, 5.41) is 5.42. The predicted octanol–water partition coefficient (Wildman–Crippen LogP) is 1.90. The fraction of sp³-hybridized carbons (Fsp3) is 0.565. The molecule has 9 heteroatoms. The number of rotatable bonds is 5. The number of anilines is 1. The van der Waals surface area contributed by atoms with Gasteiger partial charge in [0.1, 0.15) is 17.7 Å². The maximum absolute atomic E-state index is 13.6. The van der Waals surface area contributed by atoms with Crippen molar-refractivity contribution in [3.05, 3.63) is 29.8 Å². The van der Waals surface area contributed by atoms with Gasteiger partial charge in [-0.3, -0.25) is 14.4 Å². The first kappa shape index (κ1) is 22.1. The molecule has 0 radical (unpaired) electrons. The molecule has 0 aromatic heterocycles. The van der Waals surface area contributed by atoms with E-state index in [0.29, 0.717) is 17.7 Å². The molecular weight excluding hydrogens is 412 g/mol. The molecule has 0 unspecified atom stereocenters. The van der Waals surface area contributed by atoms with Crippen LogP contribution in [0.4, 0.5) is 10.5 Å². The Morgan fingerprint density at radius 2 is 2.06 bits per heavy atom. The molecule has 2 aliphatic heterocycles. The number of hydrogen-bond donors (Lipinski definition) is 3. The molecule has 3 atom stereocenters. The van der Waals surface area contributed by atoms with E-state index in [1.54, 1.807) is 39.0 Å². The number of carbonyl (C=O) groups excluding carboxylic acids is 4. The number of carbonyl (C=O) groups is 4. The molecule has 4 amide bonds.